The zero-order valence-corrected chi connectivity index (χ0v) is 12.1. The van der Waals surface area contributed by atoms with Crippen molar-refractivity contribution in [1.82, 2.24) is 0 Å². The fourth-order valence-corrected chi connectivity index (χ4v) is 0. The standard InChI is InChI=1S/Ba.Cu.2H2O4S/c;;2*1-5(2,3)4/h;;2*(H2,1,2,3,4)/q2*+2;;/p-4. The topological polar surface area (TPSA) is 161 Å². The van der Waals surface area contributed by atoms with Gasteiger partial charge in [0.05, 0.1) is 0 Å². The molecule has 0 spiro atoms. The van der Waals surface area contributed by atoms with Crippen LogP contribution in [0, 0.1) is 0 Å². The summed E-state index contributed by atoms with van der Waals surface area (Å²) in [5.74, 6) is 0. The van der Waals surface area contributed by atoms with Crippen molar-refractivity contribution in [2.45, 2.75) is 0 Å². The average molecular weight is 393 g/mol. The molecule has 0 fully saturated rings. The molecule has 0 N–H and O–H groups in total. The summed E-state index contributed by atoms with van der Waals surface area (Å²) in [5.41, 5.74) is 0. The summed E-state index contributed by atoms with van der Waals surface area (Å²) in [5, 5.41) is 0. The Morgan fingerprint density at radius 3 is 0.667 bits per heavy atom. The van der Waals surface area contributed by atoms with Gasteiger partial charge in [-0.2, -0.15) is 0 Å². The van der Waals surface area contributed by atoms with Gasteiger partial charge in [0.2, 0.25) is 0 Å². The molecule has 0 aliphatic carbocycles. The SMILES string of the molecule is O=S(=O)([O-])[O-].O=S(=O)([O-])[O-].[Ba+2].[Cu+2]. The predicted molar refractivity (Wildman–Crippen MR) is 26.7 cm³/mol. The maximum atomic E-state index is 8.52. The first-order chi connectivity index (χ1) is 4.00. The van der Waals surface area contributed by atoms with Crippen LogP contribution in [0.25, 0.3) is 0 Å². The van der Waals surface area contributed by atoms with Crippen molar-refractivity contribution in [3.63, 3.8) is 0 Å². The zero-order chi connectivity index (χ0) is 9.00. The third-order valence-corrected chi connectivity index (χ3v) is 0. The fraction of sp³-hybridized carbons (Fsp3) is 0. The van der Waals surface area contributed by atoms with Gasteiger partial charge in [-0.25, -0.2) is 0 Å². The normalized spacial score (nSPS) is 9.67. The van der Waals surface area contributed by atoms with Crippen molar-refractivity contribution in [2.75, 3.05) is 0 Å². The Kier molecular flexibility index (Phi) is 18.4. The van der Waals surface area contributed by atoms with Crippen LogP contribution in [0.5, 0.6) is 0 Å². The molecule has 1 radical (unpaired) electrons. The molecule has 0 saturated heterocycles. The van der Waals surface area contributed by atoms with E-state index in [-0.39, 0.29) is 65.9 Å². The first-order valence-corrected chi connectivity index (χ1v) is 4.00. The van der Waals surface area contributed by atoms with E-state index in [2.05, 4.69) is 0 Å². The van der Waals surface area contributed by atoms with E-state index >= 15 is 0 Å². The summed E-state index contributed by atoms with van der Waals surface area (Å²) in [7, 11) is -10.3. The molecule has 0 unspecified atom stereocenters. The monoisotopic (exact) mass is 393 g/mol. The molecule has 0 aromatic carbocycles. The van der Waals surface area contributed by atoms with Crippen LogP contribution in [0.4, 0.5) is 0 Å². The van der Waals surface area contributed by atoms with Gasteiger partial charge in [0.15, 0.2) is 0 Å². The van der Waals surface area contributed by atoms with Gasteiger partial charge in [0, 0.05) is 20.8 Å². The summed E-state index contributed by atoms with van der Waals surface area (Å²) in [6.45, 7) is 0. The van der Waals surface area contributed by atoms with Gasteiger partial charge in [0.1, 0.15) is 0 Å². The second kappa shape index (κ2) is 9.39. The molecular weight excluding hydrogens is 393 g/mol. The molecule has 0 aliphatic heterocycles. The molecule has 0 rings (SSSR count). The molecule has 8 nitrogen and oxygen atoms in total. The number of hydrogen-bond donors (Lipinski definition) is 0. The minimum absolute atomic E-state index is 0. The van der Waals surface area contributed by atoms with E-state index in [9.17, 15) is 0 Å². The Morgan fingerprint density at radius 1 is 0.667 bits per heavy atom. The molecule has 0 aromatic heterocycles. The molecule has 0 saturated carbocycles. The van der Waals surface area contributed by atoms with E-state index in [4.69, 9.17) is 35.0 Å². The molecule has 0 bridgehead atoms. The van der Waals surface area contributed by atoms with Crippen LogP contribution >= 0.6 is 0 Å². The van der Waals surface area contributed by atoms with Crippen molar-refractivity contribution < 1.29 is 52.1 Å². The van der Waals surface area contributed by atoms with Crippen molar-refractivity contribution in [1.29, 1.82) is 0 Å². The van der Waals surface area contributed by atoms with E-state index in [1.165, 1.54) is 0 Å². The second-order valence-electron chi connectivity index (χ2n) is 0.816. The van der Waals surface area contributed by atoms with Crippen molar-refractivity contribution in [2.24, 2.45) is 0 Å². The second-order valence-corrected chi connectivity index (χ2v) is 2.45. The van der Waals surface area contributed by atoms with Gasteiger partial charge >= 0.3 is 65.9 Å². The maximum absolute atomic E-state index is 8.52. The van der Waals surface area contributed by atoms with Crippen LogP contribution in [0.1, 0.15) is 0 Å². The molecular formula is BaCuO8S2. The minimum atomic E-state index is -5.17. The van der Waals surface area contributed by atoms with Gasteiger partial charge in [-0.15, -0.1) is 0 Å². The largest absolute Gasteiger partial charge is 2.00 e. The third kappa shape index (κ3) is 414. The molecule has 0 aromatic rings. The summed E-state index contributed by atoms with van der Waals surface area (Å²) in [6.07, 6.45) is 0. The zero-order valence-electron chi connectivity index (χ0n) is 5.09. The fourth-order valence-electron chi connectivity index (χ4n) is 0. The summed E-state index contributed by atoms with van der Waals surface area (Å²) < 4.78 is 68.2. The Hall–Kier alpha value is 1.83. The molecule has 73 valence electrons. The molecule has 0 amide bonds. The van der Waals surface area contributed by atoms with E-state index < -0.39 is 20.8 Å². The van der Waals surface area contributed by atoms with Crippen LogP contribution in [0.2, 0.25) is 0 Å². The Bertz CT molecular complexity index is 213. The third-order valence-electron chi connectivity index (χ3n) is 0. The predicted octanol–water partition coefficient (Wildman–Crippen LogP) is -3.06. The van der Waals surface area contributed by atoms with Crippen molar-refractivity contribution in [3.8, 4) is 0 Å². The van der Waals surface area contributed by atoms with Gasteiger partial charge in [-0.05, 0) is 0 Å². The quantitative estimate of drug-likeness (QED) is 0.238. The smallest absolute Gasteiger partial charge is 0.759 e. The first-order valence-electron chi connectivity index (χ1n) is 1.33. The van der Waals surface area contributed by atoms with Gasteiger partial charge in [0.25, 0.3) is 0 Å². The molecule has 0 atom stereocenters. The van der Waals surface area contributed by atoms with E-state index in [1.807, 2.05) is 0 Å². The van der Waals surface area contributed by atoms with E-state index in [1.54, 1.807) is 0 Å². The maximum Gasteiger partial charge on any atom is 2.00 e. The van der Waals surface area contributed by atoms with Crippen LogP contribution in [-0.4, -0.2) is 83.9 Å². The first kappa shape index (κ1) is 23.6. The number of rotatable bonds is 0. The minimum Gasteiger partial charge on any atom is -0.759 e. The Morgan fingerprint density at radius 2 is 0.667 bits per heavy atom. The van der Waals surface area contributed by atoms with E-state index in [0.29, 0.717) is 0 Å². The summed E-state index contributed by atoms with van der Waals surface area (Å²) in [4.78, 5) is 0. The number of hydrogen-bond acceptors (Lipinski definition) is 8. The summed E-state index contributed by atoms with van der Waals surface area (Å²) >= 11 is 0. The van der Waals surface area contributed by atoms with E-state index in [0.717, 1.165) is 0 Å². The molecule has 0 aliphatic rings. The Labute approximate surface area is 120 Å². The van der Waals surface area contributed by atoms with Gasteiger partial charge < -0.3 is 18.2 Å². The van der Waals surface area contributed by atoms with Crippen LogP contribution < -0.4 is 0 Å². The van der Waals surface area contributed by atoms with Gasteiger partial charge in [-0.3, -0.25) is 16.8 Å². The Balaban J connectivity index is -0.0000000457. The van der Waals surface area contributed by atoms with Crippen molar-refractivity contribution in [3.05, 3.63) is 0 Å². The van der Waals surface area contributed by atoms with Crippen LogP contribution in [-0.2, 0) is 37.9 Å². The van der Waals surface area contributed by atoms with Crippen LogP contribution in [0.15, 0.2) is 0 Å². The average Bonchev–Trinajstić information content (AvgIpc) is 1.12. The van der Waals surface area contributed by atoms with Crippen molar-refractivity contribution >= 4 is 69.7 Å². The molecule has 0 heterocycles. The molecule has 12 heavy (non-hydrogen) atoms. The molecule has 12 heteroatoms. The van der Waals surface area contributed by atoms with Crippen LogP contribution in [0.3, 0.4) is 0 Å². The summed E-state index contributed by atoms with van der Waals surface area (Å²) in [6, 6.07) is 0. The van der Waals surface area contributed by atoms with Gasteiger partial charge in [-0.1, -0.05) is 0 Å².